The smallest absolute Gasteiger partial charge is 0.318 e. The molecule has 0 bridgehead atoms. The van der Waals surface area contributed by atoms with Crippen LogP contribution < -0.4 is 10.6 Å². The molecule has 1 aromatic rings. The SMILES string of the molecule is CC(=O)N[C@]1(C(F)(F)F)NC(=O)N([C@@H](C)c2ccccc2)C1=O. The molecule has 2 atom stereocenters. The van der Waals surface area contributed by atoms with Crippen LogP contribution in [0.15, 0.2) is 30.3 Å². The summed E-state index contributed by atoms with van der Waals surface area (Å²) in [5.41, 5.74) is -2.96. The molecule has 0 aliphatic carbocycles. The van der Waals surface area contributed by atoms with Crippen LogP contribution >= 0.6 is 0 Å². The second-order valence-electron chi connectivity index (χ2n) is 5.12. The molecule has 1 aromatic carbocycles. The number of benzene rings is 1. The predicted octanol–water partition coefficient (Wildman–Crippen LogP) is 1.69. The number of alkyl halides is 3. The Hall–Kier alpha value is -2.58. The number of hydrogen-bond acceptors (Lipinski definition) is 3. The summed E-state index contributed by atoms with van der Waals surface area (Å²) in [6, 6.07) is 5.97. The minimum absolute atomic E-state index is 0.457. The first-order chi connectivity index (χ1) is 10.6. The van der Waals surface area contributed by atoms with Crippen LogP contribution in [0, 0.1) is 0 Å². The van der Waals surface area contributed by atoms with E-state index in [0.29, 0.717) is 10.5 Å². The summed E-state index contributed by atoms with van der Waals surface area (Å²) in [5, 5.41) is 3.09. The number of halogens is 3. The van der Waals surface area contributed by atoms with Crippen LogP contribution in [-0.2, 0) is 9.59 Å². The molecular weight excluding hydrogens is 315 g/mol. The Balaban J connectivity index is 2.44. The van der Waals surface area contributed by atoms with E-state index >= 15 is 0 Å². The van der Waals surface area contributed by atoms with Crippen molar-refractivity contribution < 1.29 is 27.6 Å². The van der Waals surface area contributed by atoms with Gasteiger partial charge in [0, 0.05) is 6.92 Å². The average Bonchev–Trinajstić information content (AvgIpc) is 2.70. The summed E-state index contributed by atoms with van der Waals surface area (Å²) < 4.78 is 40.1. The van der Waals surface area contributed by atoms with Crippen molar-refractivity contribution in [3.8, 4) is 0 Å². The van der Waals surface area contributed by atoms with Crippen molar-refractivity contribution in [3.05, 3.63) is 35.9 Å². The summed E-state index contributed by atoms with van der Waals surface area (Å²) in [5.74, 6) is -2.66. The van der Waals surface area contributed by atoms with Gasteiger partial charge in [0.2, 0.25) is 5.91 Å². The quantitative estimate of drug-likeness (QED) is 0.829. The van der Waals surface area contributed by atoms with Gasteiger partial charge >= 0.3 is 12.2 Å². The minimum Gasteiger partial charge on any atom is -0.318 e. The van der Waals surface area contributed by atoms with Crippen LogP contribution in [0.3, 0.4) is 0 Å². The second-order valence-corrected chi connectivity index (χ2v) is 5.12. The van der Waals surface area contributed by atoms with Crippen molar-refractivity contribution in [2.75, 3.05) is 0 Å². The van der Waals surface area contributed by atoms with Gasteiger partial charge in [-0.25, -0.2) is 4.79 Å². The van der Waals surface area contributed by atoms with Crippen molar-refractivity contribution in [2.24, 2.45) is 0 Å². The molecule has 1 aliphatic rings. The fourth-order valence-corrected chi connectivity index (χ4v) is 2.39. The molecule has 0 spiro atoms. The Morgan fingerprint density at radius 3 is 2.30 bits per heavy atom. The molecule has 0 aromatic heterocycles. The first kappa shape index (κ1) is 16.8. The fourth-order valence-electron chi connectivity index (χ4n) is 2.39. The number of nitrogens with one attached hydrogen (secondary N) is 2. The van der Waals surface area contributed by atoms with Crippen LogP contribution in [0.5, 0.6) is 0 Å². The lowest BCUT2D eigenvalue weighted by Crippen LogP contribution is -2.69. The van der Waals surface area contributed by atoms with Gasteiger partial charge in [0.15, 0.2) is 0 Å². The zero-order valence-corrected chi connectivity index (χ0v) is 12.3. The minimum atomic E-state index is -5.18. The first-order valence-corrected chi connectivity index (χ1v) is 6.66. The summed E-state index contributed by atoms with van der Waals surface area (Å²) in [6.45, 7) is 2.25. The highest BCUT2D eigenvalue weighted by atomic mass is 19.4. The number of rotatable bonds is 3. The summed E-state index contributed by atoms with van der Waals surface area (Å²) in [7, 11) is 0. The standard InChI is InChI=1S/C14H14F3N3O3/c1-8(10-6-4-3-5-7-10)20-11(22)13(14(15,16)17,18-9(2)21)19-12(20)23/h3-8H,1-2H3,(H,18,21)(H,19,23)/t8-,13-/m0/s1. The number of imide groups is 1. The van der Waals surface area contributed by atoms with E-state index < -0.39 is 35.7 Å². The molecule has 23 heavy (non-hydrogen) atoms. The maximum atomic E-state index is 13.4. The van der Waals surface area contributed by atoms with Crippen molar-refractivity contribution in [2.45, 2.75) is 31.7 Å². The van der Waals surface area contributed by atoms with Crippen LogP contribution in [0.4, 0.5) is 18.0 Å². The van der Waals surface area contributed by atoms with E-state index in [1.54, 1.807) is 35.6 Å². The van der Waals surface area contributed by atoms with E-state index in [2.05, 4.69) is 0 Å². The summed E-state index contributed by atoms with van der Waals surface area (Å²) in [4.78, 5) is 35.9. The number of carbonyl (C=O) groups excluding carboxylic acids is 3. The predicted molar refractivity (Wildman–Crippen MR) is 72.8 cm³/mol. The Morgan fingerprint density at radius 2 is 1.83 bits per heavy atom. The molecule has 0 radical (unpaired) electrons. The van der Waals surface area contributed by atoms with Gasteiger partial charge in [-0.2, -0.15) is 13.2 Å². The summed E-state index contributed by atoms with van der Waals surface area (Å²) in [6.07, 6.45) is -5.18. The largest absolute Gasteiger partial charge is 0.440 e. The molecule has 4 amide bonds. The van der Waals surface area contributed by atoms with Crippen molar-refractivity contribution >= 4 is 17.8 Å². The van der Waals surface area contributed by atoms with Crippen molar-refractivity contribution in [1.29, 1.82) is 0 Å². The van der Waals surface area contributed by atoms with E-state index in [0.717, 1.165) is 6.92 Å². The number of amides is 4. The Bertz CT molecular complexity index is 648. The summed E-state index contributed by atoms with van der Waals surface area (Å²) >= 11 is 0. The van der Waals surface area contributed by atoms with Gasteiger partial charge in [0.25, 0.3) is 11.6 Å². The van der Waals surface area contributed by atoms with Gasteiger partial charge in [0.05, 0.1) is 6.04 Å². The fraction of sp³-hybridized carbons (Fsp3) is 0.357. The Kier molecular flexibility index (Phi) is 4.06. The van der Waals surface area contributed by atoms with E-state index in [-0.39, 0.29) is 0 Å². The normalized spacial score (nSPS) is 22.7. The third-order valence-corrected chi connectivity index (χ3v) is 3.51. The average molecular weight is 329 g/mol. The van der Waals surface area contributed by atoms with E-state index in [1.165, 1.54) is 12.2 Å². The molecule has 2 N–H and O–H groups in total. The molecule has 1 saturated heterocycles. The molecule has 1 fully saturated rings. The first-order valence-electron chi connectivity index (χ1n) is 6.66. The highest BCUT2D eigenvalue weighted by Crippen LogP contribution is 2.36. The molecular formula is C14H14F3N3O3. The molecule has 2 rings (SSSR count). The van der Waals surface area contributed by atoms with Gasteiger partial charge in [0.1, 0.15) is 0 Å². The molecule has 6 nitrogen and oxygen atoms in total. The van der Waals surface area contributed by atoms with Crippen LogP contribution in [0.1, 0.15) is 25.5 Å². The van der Waals surface area contributed by atoms with Gasteiger partial charge < -0.3 is 5.32 Å². The lowest BCUT2D eigenvalue weighted by atomic mass is 10.1. The zero-order chi connectivity index (χ0) is 17.4. The number of hydrogen-bond donors (Lipinski definition) is 2. The van der Waals surface area contributed by atoms with Crippen LogP contribution in [0.25, 0.3) is 0 Å². The maximum Gasteiger partial charge on any atom is 0.440 e. The number of urea groups is 1. The van der Waals surface area contributed by atoms with E-state index in [1.807, 2.05) is 0 Å². The molecule has 124 valence electrons. The molecule has 9 heteroatoms. The monoisotopic (exact) mass is 329 g/mol. The van der Waals surface area contributed by atoms with Gasteiger partial charge in [-0.1, -0.05) is 30.3 Å². The van der Waals surface area contributed by atoms with Crippen molar-refractivity contribution in [3.63, 3.8) is 0 Å². The highest BCUT2D eigenvalue weighted by molar-refractivity contribution is 6.09. The lowest BCUT2D eigenvalue weighted by molar-refractivity contribution is -0.204. The van der Waals surface area contributed by atoms with Gasteiger partial charge in [-0.05, 0) is 12.5 Å². The zero-order valence-electron chi connectivity index (χ0n) is 12.3. The number of carbonyl (C=O) groups is 3. The molecule has 0 saturated carbocycles. The molecule has 0 unspecified atom stereocenters. The third-order valence-electron chi connectivity index (χ3n) is 3.51. The Morgan fingerprint density at radius 1 is 1.26 bits per heavy atom. The van der Waals surface area contributed by atoms with Gasteiger partial charge in [-0.3, -0.25) is 19.8 Å². The lowest BCUT2D eigenvalue weighted by Gasteiger charge is -2.30. The third kappa shape index (κ3) is 2.73. The van der Waals surface area contributed by atoms with E-state index in [4.69, 9.17) is 0 Å². The second kappa shape index (κ2) is 5.56. The number of nitrogens with zero attached hydrogens (tertiary/aromatic N) is 1. The maximum absolute atomic E-state index is 13.4. The topological polar surface area (TPSA) is 78.5 Å². The highest BCUT2D eigenvalue weighted by Gasteiger charge is 2.69. The van der Waals surface area contributed by atoms with E-state index in [9.17, 15) is 27.6 Å². The Labute approximate surface area is 129 Å². The molecule has 1 heterocycles. The van der Waals surface area contributed by atoms with Gasteiger partial charge in [-0.15, -0.1) is 0 Å². The molecule has 1 aliphatic heterocycles. The van der Waals surface area contributed by atoms with Crippen LogP contribution in [0.2, 0.25) is 0 Å². The van der Waals surface area contributed by atoms with Crippen molar-refractivity contribution in [1.82, 2.24) is 15.5 Å². The van der Waals surface area contributed by atoms with Crippen LogP contribution in [-0.4, -0.2) is 34.6 Å².